The highest BCUT2D eigenvalue weighted by Crippen LogP contribution is 2.27. The van der Waals surface area contributed by atoms with Crippen LogP contribution in [0.3, 0.4) is 0 Å². The number of nitrogens with two attached hydrogens (primary N) is 1. The Labute approximate surface area is 176 Å². The van der Waals surface area contributed by atoms with Crippen LogP contribution < -0.4 is 10.0 Å². The van der Waals surface area contributed by atoms with E-state index in [0.717, 1.165) is 36.9 Å². The maximum Gasteiger partial charge on any atom is 0.333 e. The van der Waals surface area contributed by atoms with E-state index in [4.69, 9.17) is 9.98 Å². The predicted octanol–water partition coefficient (Wildman–Crippen LogP) is 3.02. The molecule has 0 saturated carbocycles. The fourth-order valence-corrected chi connectivity index (χ4v) is 3.48. The van der Waals surface area contributed by atoms with Gasteiger partial charge in [0.05, 0.1) is 33.6 Å². The molecule has 7 nitrogen and oxygen atoms in total. The standard InChI is InChI=1S/C21H38N3O4S/c1-5-6-7-8-9-10-13-18-14-11-12-15-19(18)20(16-17-24(2,3)4)21(25)28-23-29(22,26)27/h11-12,14-15,20,23H,5-10,13,16-17H2,1-4H3,(H2,22,26,27)/q+1. The van der Waals surface area contributed by atoms with E-state index in [-0.39, 0.29) is 0 Å². The second kappa shape index (κ2) is 12.3. The molecule has 1 aromatic carbocycles. The monoisotopic (exact) mass is 428 g/mol. The lowest BCUT2D eigenvalue weighted by atomic mass is 9.89. The summed E-state index contributed by atoms with van der Waals surface area (Å²) < 4.78 is 22.9. The molecule has 0 aromatic heterocycles. The van der Waals surface area contributed by atoms with Crippen LogP contribution in [0.4, 0.5) is 0 Å². The van der Waals surface area contributed by atoms with E-state index < -0.39 is 22.1 Å². The van der Waals surface area contributed by atoms with E-state index in [0.29, 0.717) is 10.9 Å². The normalized spacial score (nSPS) is 13.3. The van der Waals surface area contributed by atoms with Gasteiger partial charge in [0.2, 0.25) is 0 Å². The molecule has 3 N–H and O–H groups in total. The number of carbonyl (C=O) groups excluding carboxylic acids is 1. The number of nitrogens with zero attached hydrogens (tertiary/aromatic N) is 1. The van der Waals surface area contributed by atoms with Gasteiger partial charge in [0.25, 0.3) is 0 Å². The number of carbonyl (C=O) groups is 1. The fourth-order valence-electron chi connectivity index (χ4n) is 3.28. The molecule has 0 aliphatic rings. The molecule has 0 heterocycles. The average Bonchev–Trinajstić information content (AvgIpc) is 2.62. The van der Waals surface area contributed by atoms with E-state index in [2.05, 4.69) is 6.92 Å². The largest absolute Gasteiger partial charge is 0.354 e. The van der Waals surface area contributed by atoms with Gasteiger partial charge in [0.1, 0.15) is 0 Å². The summed E-state index contributed by atoms with van der Waals surface area (Å²) in [6.07, 6.45) is 8.64. The Morgan fingerprint density at radius 3 is 2.34 bits per heavy atom. The van der Waals surface area contributed by atoms with Gasteiger partial charge in [-0.3, -0.25) is 0 Å². The number of rotatable bonds is 14. The van der Waals surface area contributed by atoms with Crippen molar-refractivity contribution < 1.29 is 22.5 Å². The van der Waals surface area contributed by atoms with Gasteiger partial charge >= 0.3 is 16.2 Å². The van der Waals surface area contributed by atoms with Crippen LogP contribution in [-0.4, -0.2) is 46.6 Å². The maximum atomic E-state index is 12.7. The number of quaternary nitrogens is 1. The maximum absolute atomic E-state index is 12.7. The fraction of sp³-hybridized carbons (Fsp3) is 0.667. The highest BCUT2D eigenvalue weighted by atomic mass is 32.2. The molecule has 1 unspecified atom stereocenters. The summed E-state index contributed by atoms with van der Waals surface area (Å²) in [5.74, 6) is -1.19. The van der Waals surface area contributed by atoms with Gasteiger partial charge < -0.3 is 9.32 Å². The van der Waals surface area contributed by atoms with Crippen LogP contribution in [0, 0.1) is 0 Å². The molecule has 0 bridgehead atoms. The molecule has 1 atom stereocenters. The SMILES string of the molecule is CCCCCCCCc1ccccc1C(CC[N+](C)(C)C)C(=O)ONS(N)(=O)=O. The molecule has 0 fully saturated rings. The molecular formula is C21H38N3O4S+. The Morgan fingerprint density at radius 1 is 1.10 bits per heavy atom. The average molecular weight is 429 g/mol. The molecule has 1 rings (SSSR count). The quantitative estimate of drug-likeness (QED) is 0.270. The molecule has 8 heteroatoms. The summed E-state index contributed by atoms with van der Waals surface area (Å²) in [7, 11) is 2.04. The van der Waals surface area contributed by atoms with E-state index in [1.165, 1.54) is 25.7 Å². The van der Waals surface area contributed by atoms with Crippen LogP contribution in [0.25, 0.3) is 0 Å². The number of hydrogen-bond donors (Lipinski definition) is 2. The van der Waals surface area contributed by atoms with Gasteiger partial charge in [-0.25, -0.2) is 9.93 Å². The van der Waals surface area contributed by atoms with Crippen molar-refractivity contribution in [3.05, 3.63) is 35.4 Å². The summed E-state index contributed by atoms with van der Waals surface area (Å²) in [5, 5.41) is 4.89. The van der Waals surface area contributed by atoms with E-state index in [9.17, 15) is 13.2 Å². The van der Waals surface area contributed by atoms with Crippen molar-refractivity contribution >= 4 is 16.2 Å². The Balaban J connectivity index is 2.91. The summed E-state index contributed by atoms with van der Waals surface area (Å²) in [5.41, 5.74) is 2.01. The lowest BCUT2D eigenvalue weighted by Crippen LogP contribution is -2.38. The van der Waals surface area contributed by atoms with Crippen molar-refractivity contribution in [2.45, 2.75) is 64.2 Å². The molecule has 0 aliphatic heterocycles. The second-order valence-corrected chi connectivity index (χ2v) is 9.88. The van der Waals surface area contributed by atoms with Crippen molar-refractivity contribution in [2.75, 3.05) is 27.7 Å². The van der Waals surface area contributed by atoms with E-state index in [1.807, 2.05) is 45.4 Å². The van der Waals surface area contributed by atoms with Crippen molar-refractivity contribution in [2.24, 2.45) is 5.14 Å². The molecular weight excluding hydrogens is 390 g/mol. The van der Waals surface area contributed by atoms with Gasteiger partial charge in [-0.2, -0.15) is 8.42 Å². The summed E-state index contributed by atoms with van der Waals surface area (Å²) in [4.78, 5) is 19.2. The first-order valence-corrected chi connectivity index (χ1v) is 12.0. The van der Waals surface area contributed by atoms with E-state index in [1.54, 1.807) is 4.89 Å². The third kappa shape index (κ3) is 11.3. The van der Waals surface area contributed by atoms with Crippen molar-refractivity contribution in [3.8, 4) is 0 Å². The zero-order valence-corrected chi connectivity index (χ0v) is 19.1. The molecule has 1 aromatic rings. The smallest absolute Gasteiger partial charge is 0.333 e. The third-order valence-electron chi connectivity index (χ3n) is 4.86. The highest BCUT2D eigenvalue weighted by Gasteiger charge is 2.28. The zero-order chi connectivity index (χ0) is 21.9. The Bertz CT molecular complexity index is 730. The van der Waals surface area contributed by atoms with Crippen LogP contribution in [-0.2, 0) is 26.3 Å². The van der Waals surface area contributed by atoms with Crippen LogP contribution >= 0.6 is 0 Å². The second-order valence-electron chi connectivity index (χ2n) is 8.62. The van der Waals surface area contributed by atoms with Crippen LogP contribution in [0.1, 0.15) is 68.9 Å². The topological polar surface area (TPSA) is 98.5 Å². The van der Waals surface area contributed by atoms with E-state index >= 15 is 0 Å². The van der Waals surface area contributed by atoms with Crippen LogP contribution in [0.2, 0.25) is 0 Å². The van der Waals surface area contributed by atoms with Crippen molar-refractivity contribution in [1.82, 2.24) is 4.89 Å². The Hall–Kier alpha value is -1.48. The minimum absolute atomic E-state index is 0.544. The number of hydrogen-bond acceptors (Lipinski definition) is 4. The Morgan fingerprint density at radius 2 is 1.72 bits per heavy atom. The van der Waals surface area contributed by atoms with Gasteiger partial charge in [-0.1, -0.05) is 63.3 Å². The highest BCUT2D eigenvalue weighted by molar-refractivity contribution is 7.87. The van der Waals surface area contributed by atoms with Crippen molar-refractivity contribution in [1.29, 1.82) is 0 Å². The first-order valence-electron chi connectivity index (χ1n) is 10.4. The first-order chi connectivity index (χ1) is 13.5. The summed E-state index contributed by atoms with van der Waals surface area (Å²) in [6, 6.07) is 7.85. The molecule has 0 radical (unpaired) electrons. The third-order valence-corrected chi connectivity index (χ3v) is 5.18. The number of aryl methyl sites for hydroxylation is 1. The Kier molecular flexibility index (Phi) is 10.8. The minimum Gasteiger partial charge on any atom is -0.354 e. The lowest BCUT2D eigenvalue weighted by Gasteiger charge is -2.27. The van der Waals surface area contributed by atoms with Crippen LogP contribution in [0.15, 0.2) is 24.3 Å². The molecule has 29 heavy (non-hydrogen) atoms. The van der Waals surface area contributed by atoms with Crippen LogP contribution in [0.5, 0.6) is 0 Å². The summed E-state index contributed by atoms with van der Waals surface area (Å²) >= 11 is 0. The molecule has 0 amide bonds. The predicted molar refractivity (Wildman–Crippen MR) is 116 cm³/mol. The van der Waals surface area contributed by atoms with Gasteiger partial charge in [-0.15, -0.1) is 0 Å². The molecule has 0 spiro atoms. The van der Waals surface area contributed by atoms with Gasteiger partial charge in [0, 0.05) is 6.42 Å². The van der Waals surface area contributed by atoms with Gasteiger partial charge in [-0.05, 0) is 28.9 Å². The summed E-state index contributed by atoms with van der Waals surface area (Å²) in [6.45, 7) is 2.94. The number of nitrogens with one attached hydrogen (secondary N) is 1. The molecule has 166 valence electrons. The van der Waals surface area contributed by atoms with Crippen molar-refractivity contribution in [3.63, 3.8) is 0 Å². The van der Waals surface area contributed by atoms with Gasteiger partial charge in [0.15, 0.2) is 0 Å². The number of unbranched alkanes of at least 4 members (excludes halogenated alkanes) is 5. The zero-order valence-electron chi connectivity index (χ0n) is 18.3. The minimum atomic E-state index is -4.11. The molecule has 0 saturated heterocycles. The lowest BCUT2D eigenvalue weighted by molar-refractivity contribution is -0.870. The number of benzene rings is 1. The first kappa shape index (κ1) is 25.6. The molecule has 0 aliphatic carbocycles.